The van der Waals surface area contributed by atoms with Crippen LogP contribution in [-0.4, -0.2) is 63.4 Å². The Morgan fingerprint density at radius 1 is 1.07 bits per heavy atom. The third-order valence-electron chi connectivity index (χ3n) is 7.07. The van der Waals surface area contributed by atoms with Gasteiger partial charge in [-0.3, -0.25) is 19.1 Å². The topological polar surface area (TPSA) is 118 Å². The maximum atomic E-state index is 13.8. The number of nitrogens with one attached hydrogen (secondary N) is 2. The Kier molecular flexibility index (Phi) is 9.19. The molecule has 10 heteroatoms. The number of carbonyl (C=O) groups is 3. The van der Waals surface area contributed by atoms with Crippen molar-refractivity contribution in [2.75, 3.05) is 19.7 Å². The summed E-state index contributed by atoms with van der Waals surface area (Å²) in [5, 5.41) is 14.2. The normalized spacial score (nSPS) is 17.8. The van der Waals surface area contributed by atoms with Gasteiger partial charge in [-0.05, 0) is 57.4 Å². The monoisotopic (exact) mass is 546 g/mol. The first-order chi connectivity index (χ1) is 19.1. The van der Waals surface area contributed by atoms with Crippen molar-refractivity contribution in [1.29, 1.82) is 0 Å². The Hall–Kier alpha value is -4.21. The zero-order chi connectivity index (χ0) is 28.7. The summed E-state index contributed by atoms with van der Waals surface area (Å²) < 4.78 is 7.71. The van der Waals surface area contributed by atoms with E-state index in [0.717, 1.165) is 11.1 Å². The van der Waals surface area contributed by atoms with E-state index in [9.17, 15) is 14.4 Å². The van der Waals surface area contributed by atoms with Crippen molar-refractivity contribution in [2.24, 2.45) is 0 Å². The predicted octanol–water partition coefficient (Wildman–Crippen LogP) is 3.00. The van der Waals surface area contributed by atoms with Crippen LogP contribution in [-0.2, 0) is 28.1 Å². The average Bonchev–Trinajstić information content (AvgIpc) is 3.39. The van der Waals surface area contributed by atoms with E-state index in [1.807, 2.05) is 69.4 Å². The maximum Gasteiger partial charge on any atom is 0.255 e. The molecule has 4 rings (SSSR count). The molecule has 10 nitrogen and oxygen atoms in total. The molecule has 0 radical (unpaired) electrons. The van der Waals surface area contributed by atoms with Crippen molar-refractivity contribution in [2.45, 2.75) is 65.1 Å². The summed E-state index contributed by atoms with van der Waals surface area (Å²) in [5.74, 6) is -0.243. The van der Waals surface area contributed by atoms with Crippen molar-refractivity contribution in [3.63, 3.8) is 0 Å². The summed E-state index contributed by atoms with van der Waals surface area (Å²) in [6, 6.07) is 14.3. The first kappa shape index (κ1) is 28.8. The summed E-state index contributed by atoms with van der Waals surface area (Å²) in [5.41, 5.74) is 2.20. The first-order valence-electron chi connectivity index (χ1n) is 13.7. The number of fused-ring (bicyclic) bond motifs is 3. The zero-order valence-electron chi connectivity index (χ0n) is 23.6. The molecule has 0 spiro atoms. The van der Waals surface area contributed by atoms with Crippen molar-refractivity contribution >= 4 is 17.7 Å². The number of benzene rings is 2. The summed E-state index contributed by atoms with van der Waals surface area (Å²) >= 11 is 0. The van der Waals surface area contributed by atoms with E-state index >= 15 is 0 Å². The van der Waals surface area contributed by atoms with E-state index < -0.39 is 11.5 Å². The number of ether oxygens (including phenoxy) is 1. The Balaban J connectivity index is 1.54. The highest BCUT2D eigenvalue weighted by molar-refractivity contribution is 5.99. The van der Waals surface area contributed by atoms with E-state index in [2.05, 4.69) is 20.9 Å². The van der Waals surface area contributed by atoms with E-state index in [1.165, 1.54) is 0 Å². The highest BCUT2D eigenvalue weighted by Crippen LogP contribution is 2.26. The summed E-state index contributed by atoms with van der Waals surface area (Å²) in [7, 11) is 0. The fourth-order valence-electron chi connectivity index (χ4n) is 4.66. The third kappa shape index (κ3) is 7.05. The smallest absolute Gasteiger partial charge is 0.255 e. The minimum absolute atomic E-state index is 0.0347. The molecule has 2 heterocycles. The number of amides is 3. The van der Waals surface area contributed by atoms with Gasteiger partial charge in [-0.25, -0.2) is 0 Å². The molecular weight excluding hydrogens is 508 g/mol. The molecule has 1 aromatic heterocycles. The Bertz CT molecular complexity index is 1340. The van der Waals surface area contributed by atoms with Gasteiger partial charge in [-0.1, -0.05) is 41.6 Å². The van der Waals surface area contributed by atoms with Crippen LogP contribution in [0.3, 0.4) is 0 Å². The van der Waals surface area contributed by atoms with Crippen LogP contribution in [0.5, 0.6) is 5.75 Å². The first-order valence-corrected chi connectivity index (χ1v) is 13.7. The van der Waals surface area contributed by atoms with E-state index in [-0.39, 0.29) is 17.7 Å². The molecule has 0 saturated carbocycles. The van der Waals surface area contributed by atoms with Crippen LogP contribution in [0.2, 0.25) is 0 Å². The highest BCUT2D eigenvalue weighted by atomic mass is 16.5. The minimum Gasteiger partial charge on any atom is -0.493 e. The largest absolute Gasteiger partial charge is 0.493 e. The lowest BCUT2D eigenvalue weighted by atomic mass is 9.83. The maximum absolute atomic E-state index is 13.8. The molecular formula is C30H38N6O4. The van der Waals surface area contributed by atoms with Crippen molar-refractivity contribution in [1.82, 2.24) is 30.5 Å². The standard InChI is InChI=1S/C30H38N6O4/c1-21-12-13-25-26(18-21)40-17-9-16-36-20-24(33-34-36)19-35(15-8-14-31-27(37)22(2)32-28(25)38)29(39)30(3,4)23-10-6-5-7-11-23/h5-7,10-13,18,20,22H,8-9,14-17,19H2,1-4H3,(H,31,37)(H,32,38)/t22-/m1/s1. The van der Waals surface area contributed by atoms with Gasteiger partial charge in [0.05, 0.1) is 30.3 Å². The van der Waals surface area contributed by atoms with Crippen LogP contribution < -0.4 is 15.4 Å². The molecule has 212 valence electrons. The number of aryl methyl sites for hydroxylation is 2. The lowest BCUT2D eigenvalue weighted by molar-refractivity contribution is -0.137. The van der Waals surface area contributed by atoms with Crippen LogP contribution in [0.1, 0.15) is 60.8 Å². The van der Waals surface area contributed by atoms with Crippen LogP contribution >= 0.6 is 0 Å². The van der Waals surface area contributed by atoms with E-state index in [1.54, 1.807) is 22.6 Å². The second-order valence-corrected chi connectivity index (χ2v) is 10.7. The van der Waals surface area contributed by atoms with Gasteiger partial charge in [-0.15, -0.1) is 5.10 Å². The van der Waals surface area contributed by atoms with E-state index in [0.29, 0.717) is 62.6 Å². The lowest BCUT2D eigenvalue weighted by Gasteiger charge is -2.32. The van der Waals surface area contributed by atoms with Crippen LogP contribution in [0, 0.1) is 6.92 Å². The molecule has 1 atom stereocenters. The van der Waals surface area contributed by atoms with Crippen LogP contribution in [0.25, 0.3) is 0 Å². The van der Waals surface area contributed by atoms with Gasteiger partial charge in [0.15, 0.2) is 0 Å². The molecule has 0 fully saturated rings. The fourth-order valence-corrected chi connectivity index (χ4v) is 4.66. The minimum atomic E-state index is -0.751. The summed E-state index contributed by atoms with van der Waals surface area (Å²) in [6.45, 7) is 9.42. The number of carbonyl (C=O) groups excluding carboxylic acids is 3. The zero-order valence-corrected chi connectivity index (χ0v) is 23.6. The van der Waals surface area contributed by atoms with Gasteiger partial charge in [0.1, 0.15) is 17.5 Å². The summed E-state index contributed by atoms with van der Waals surface area (Å²) in [6.07, 6.45) is 3.02. The molecule has 3 amide bonds. The number of aromatic nitrogens is 3. The molecule has 1 aliphatic heterocycles. The van der Waals surface area contributed by atoms with Crippen molar-refractivity contribution < 1.29 is 19.1 Å². The highest BCUT2D eigenvalue weighted by Gasteiger charge is 2.34. The Labute approximate surface area is 235 Å². The molecule has 0 unspecified atom stereocenters. The average molecular weight is 547 g/mol. The van der Waals surface area contributed by atoms with Gasteiger partial charge in [0, 0.05) is 26.1 Å². The molecule has 2 bridgehead atoms. The second-order valence-electron chi connectivity index (χ2n) is 10.7. The van der Waals surface area contributed by atoms with E-state index in [4.69, 9.17) is 4.74 Å². The van der Waals surface area contributed by atoms with Gasteiger partial charge in [0.2, 0.25) is 11.8 Å². The SMILES string of the molecule is Cc1ccc2c(c1)OCCCn1cc(nn1)CN(C(=O)C(C)(C)c1ccccc1)CCCNC(=O)[C@@H](C)NC2=O. The van der Waals surface area contributed by atoms with Gasteiger partial charge in [0.25, 0.3) is 5.91 Å². The lowest BCUT2D eigenvalue weighted by Crippen LogP contribution is -2.46. The number of rotatable bonds is 2. The molecule has 2 aromatic carbocycles. The molecule has 1 aliphatic rings. The quantitative estimate of drug-likeness (QED) is 0.510. The van der Waals surface area contributed by atoms with Crippen molar-refractivity contribution in [3.8, 4) is 5.75 Å². The van der Waals surface area contributed by atoms with Gasteiger partial charge in [-0.2, -0.15) is 0 Å². The predicted molar refractivity (Wildman–Crippen MR) is 151 cm³/mol. The molecule has 2 N–H and O–H groups in total. The second kappa shape index (κ2) is 12.8. The molecule has 0 saturated heterocycles. The molecule has 3 aromatic rings. The molecule has 0 aliphatic carbocycles. The fraction of sp³-hybridized carbons (Fsp3) is 0.433. The third-order valence-corrected chi connectivity index (χ3v) is 7.07. The number of nitrogens with zero attached hydrogens (tertiary/aromatic N) is 4. The van der Waals surface area contributed by atoms with Crippen LogP contribution in [0.4, 0.5) is 0 Å². The number of hydrogen-bond donors (Lipinski definition) is 2. The van der Waals surface area contributed by atoms with Gasteiger partial charge >= 0.3 is 0 Å². The van der Waals surface area contributed by atoms with Gasteiger partial charge < -0.3 is 20.3 Å². The molecule has 40 heavy (non-hydrogen) atoms. The number of hydrogen-bond acceptors (Lipinski definition) is 6. The Morgan fingerprint density at radius 2 is 1.85 bits per heavy atom. The summed E-state index contributed by atoms with van der Waals surface area (Å²) in [4.78, 5) is 41.3. The Morgan fingerprint density at radius 3 is 2.62 bits per heavy atom. The van der Waals surface area contributed by atoms with Crippen LogP contribution in [0.15, 0.2) is 54.7 Å². The van der Waals surface area contributed by atoms with Crippen molar-refractivity contribution in [3.05, 3.63) is 77.1 Å².